The molecule has 0 atom stereocenters. The van der Waals surface area contributed by atoms with Crippen LogP contribution in [0.4, 0.5) is 4.39 Å². The first kappa shape index (κ1) is 14.8. The smallest absolute Gasteiger partial charge is 0.330 e. The van der Waals surface area contributed by atoms with E-state index < -0.39 is 20.0 Å². The molecular weight excluding hydrogens is 222 g/mol. The van der Waals surface area contributed by atoms with Gasteiger partial charge in [0.1, 0.15) is 5.83 Å². The lowest BCUT2D eigenvalue weighted by atomic mass is 10.4. The van der Waals surface area contributed by atoms with Crippen molar-refractivity contribution in [2.24, 2.45) is 0 Å². The van der Waals surface area contributed by atoms with Crippen molar-refractivity contribution in [2.75, 3.05) is 26.0 Å². The second-order valence-corrected chi connectivity index (χ2v) is 4.95. The SMILES string of the molecule is CCOP(=O)(CCC=C(F)CO)OCC. The van der Waals surface area contributed by atoms with Crippen LogP contribution < -0.4 is 0 Å². The van der Waals surface area contributed by atoms with E-state index >= 15 is 0 Å². The van der Waals surface area contributed by atoms with Gasteiger partial charge < -0.3 is 14.2 Å². The molecule has 0 aliphatic rings. The summed E-state index contributed by atoms with van der Waals surface area (Å²) in [6.45, 7) is 3.39. The van der Waals surface area contributed by atoms with Gasteiger partial charge in [-0.2, -0.15) is 0 Å². The largest absolute Gasteiger partial charge is 0.389 e. The van der Waals surface area contributed by atoms with E-state index in [-0.39, 0.29) is 12.6 Å². The standard InChI is InChI=1S/C9H18FO4P/c1-3-13-15(12,14-4-2)7-5-6-9(10)8-11/h6,11H,3-5,7-8H2,1-2H3. The third kappa shape index (κ3) is 6.79. The maximum atomic E-state index is 12.5. The number of halogens is 1. The minimum atomic E-state index is -3.08. The van der Waals surface area contributed by atoms with E-state index in [0.29, 0.717) is 13.2 Å². The summed E-state index contributed by atoms with van der Waals surface area (Å²) >= 11 is 0. The van der Waals surface area contributed by atoms with Crippen molar-refractivity contribution in [3.05, 3.63) is 11.9 Å². The third-order valence-corrected chi connectivity index (χ3v) is 3.68. The van der Waals surface area contributed by atoms with Crippen LogP contribution in [-0.2, 0) is 13.6 Å². The molecule has 0 aliphatic heterocycles. The van der Waals surface area contributed by atoms with E-state index in [1.165, 1.54) is 6.08 Å². The molecule has 1 N–H and O–H groups in total. The van der Waals surface area contributed by atoms with E-state index in [1.54, 1.807) is 13.8 Å². The van der Waals surface area contributed by atoms with Crippen molar-refractivity contribution in [1.29, 1.82) is 0 Å². The summed E-state index contributed by atoms with van der Waals surface area (Å²) in [4.78, 5) is 0. The molecular formula is C9H18FO4P. The molecule has 90 valence electrons. The molecule has 0 saturated heterocycles. The van der Waals surface area contributed by atoms with Gasteiger partial charge in [0.15, 0.2) is 0 Å². The number of hydrogen-bond donors (Lipinski definition) is 1. The average Bonchev–Trinajstić information content (AvgIpc) is 2.18. The molecule has 0 radical (unpaired) electrons. The summed E-state index contributed by atoms with van der Waals surface area (Å²) in [6.07, 6.45) is 1.54. The van der Waals surface area contributed by atoms with Gasteiger partial charge in [-0.15, -0.1) is 0 Å². The van der Waals surface area contributed by atoms with Gasteiger partial charge in [0.05, 0.1) is 26.0 Å². The Labute approximate surface area is 89.6 Å². The van der Waals surface area contributed by atoms with Crippen LogP contribution in [0.5, 0.6) is 0 Å². The summed E-state index contributed by atoms with van der Waals surface area (Å²) in [5, 5.41) is 8.40. The van der Waals surface area contributed by atoms with Crippen molar-refractivity contribution in [2.45, 2.75) is 20.3 Å². The van der Waals surface area contributed by atoms with Crippen LogP contribution in [0.15, 0.2) is 11.9 Å². The number of aliphatic hydroxyl groups is 1. The summed E-state index contributed by atoms with van der Waals surface area (Å²) < 4.78 is 34.4. The molecule has 0 bridgehead atoms. The van der Waals surface area contributed by atoms with Crippen LogP contribution >= 0.6 is 7.60 Å². The van der Waals surface area contributed by atoms with Crippen molar-refractivity contribution in [3.63, 3.8) is 0 Å². The first-order valence-electron chi connectivity index (χ1n) is 4.91. The Morgan fingerprint density at radius 3 is 2.33 bits per heavy atom. The van der Waals surface area contributed by atoms with Gasteiger partial charge in [-0.05, 0) is 26.3 Å². The Morgan fingerprint density at radius 1 is 1.40 bits per heavy atom. The molecule has 0 aromatic carbocycles. The van der Waals surface area contributed by atoms with Crippen molar-refractivity contribution in [1.82, 2.24) is 0 Å². The zero-order chi connectivity index (χ0) is 11.7. The highest BCUT2D eigenvalue weighted by atomic mass is 31.2. The first-order valence-corrected chi connectivity index (χ1v) is 6.64. The van der Waals surface area contributed by atoms with Crippen molar-refractivity contribution < 1.29 is 23.1 Å². The third-order valence-electron chi connectivity index (χ3n) is 1.57. The Bertz CT molecular complexity index is 232. The fourth-order valence-electron chi connectivity index (χ4n) is 1.00. The van der Waals surface area contributed by atoms with Crippen LogP contribution in [0.25, 0.3) is 0 Å². The monoisotopic (exact) mass is 240 g/mol. The molecule has 0 heterocycles. The molecule has 4 nitrogen and oxygen atoms in total. The topological polar surface area (TPSA) is 55.8 Å². The minimum absolute atomic E-state index is 0.127. The molecule has 0 aromatic rings. The first-order chi connectivity index (χ1) is 7.08. The second kappa shape index (κ2) is 7.99. The highest BCUT2D eigenvalue weighted by Gasteiger charge is 2.21. The summed E-state index contributed by atoms with van der Waals surface area (Å²) in [5.41, 5.74) is 0. The lowest BCUT2D eigenvalue weighted by Crippen LogP contribution is -1.99. The maximum Gasteiger partial charge on any atom is 0.330 e. The van der Waals surface area contributed by atoms with Crippen LogP contribution in [0.3, 0.4) is 0 Å². The molecule has 0 unspecified atom stereocenters. The molecule has 15 heavy (non-hydrogen) atoms. The number of hydrogen-bond acceptors (Lipinski definition) is 4. The highest BCUT2D eigenvalue weighted by molar-refractivity contribution is 7.53. The molecule has 0 aromatic heterocycles. The molecule has 6 heteroatoms. The highest BCUT2D eigenvalue weighted by Crippen LogP contribution is 2.48. The fraction of sp³-hybridized carbons (Fsp3) is 0.778. The Balaban J connectivity index is 4.12. The number of rotatable bonds is 8. The van der Waals surface area contributed by atoms with Crippen LogP contribution in [0.2, 0.25) is 0 Å². The Kier molecular flexibility index (Phi) is 7.88. The fourth-order valence-corrected chi connectivity index (χ4v) is 2.57. The van der Waals surface area contributed by atoms with E-state index in [4.69, 9.17) is 14.2 Å². The minimum Gasteiger partial charge on any atom is -0.389 e. The van der Waals surface area contributed by atoms with E-state index in [9.17, 15) is 8.96 Å². The molecule has 0 spiro atoms. The zero-order valence-electron chi connectivity index (χ0n) is 9.11. The molecule has 0 rings (SSSR count). The Hall–Kier alpha value is -0.220. The van der Waals surface area contributed by atoms with Gasteiger partial charge >= 0.3 is 7.60 Å². The average molecular weight is 240 g/mol. The molecule has 0 aliphatic carbocycles. The quantitative estimate of drug-likeness (QED) is 0.662. The lowest BCUT2D eigenvalue weighted by Gasteiger charge is -2.15. The molecule has 0 saturated carbocycles. The van der Waals surface area contributed by atoms with E-state index in [1.807, 2.05) is 0 Å². The van der Waals surface area contributed by atoms with Crippen molar-refractivity contribution >= 4 is 7.60 Å². The Morgan fingerprint density at radius 2 is 1.93 bits per heavy atom. The van der Waals surface area contributed by atoms with Gasteiger partial charge in [-0.25, -0.2) is 4.39 Å². The predicted octanol–water partition coefficient (Wildman–Crippen LogP) is 2.49. The normalized spacial score (nSPS) is 13.2. The summed E-state index contributed by atoms with van der Waals surface area (Å²) in [7, 11) is -3.08. The van der Waals surface area contributed by atoms with Crippen LogP contribution in [0, 0.1) is 0 Å². The second-order valence-electron chi connectivity index (χ2n) is 2.77. The number of allylic oxidation sites excluding steroid dienone is 1. The van der Waals surface area contributed by atoms with E-state index in [0.717, 1.165) is 0 Å². The van der Waals surface area contributed by atoms with Gasteiger partial charge in [0.2, 0.25) is 0 Å². The van der Waals surface area contributed by atoms with Crippen LogP contribution in [0.1, 0.15) is 20.3 Å². The van der Waals surface area contributed by atoms with Crippen molar-refractivity contribution in [3.8, 4) is 0 Å². The van der Waals surface area contributed by atoms with Gasteiger partial charge in [0.25, 0.3) is 0 Å². The molecule has 0 amide bonds. The van der Waals surface area contributed by atoms with Gasteiger partial charge in [-0.3, -0.25) is 4.57 Å². The molecule has 0 fully saturated rings. The van der Waals surface area contributed by atoms with Gasteiger partial charge in [-0.1, -0.05) is 0 Å². The predicted molar refractivity (Wildman–Crippen MR) is 56.6 cm³/mol. The van der Waals surface area contributed by atoms with Crippen LogP contribution in [-0.4, -0.2) is 31.1 Å². The van der Waals surface area contributed by atoms with Gasteiger partial charge in [0, 0.05) is 0 Å². The van der Waals surface area contributed by atoms with E-state index in [2.05, 4.69) is 0 Å². The lowest BCUT2D eigenvalue weighted by molar-refractivity contribution is 0.220. The summed E-state index contributed by atoms with van der Waals surface area (Å²) in [6, 6.07) is 0. The zero-order valence-corrected chi connectivity index (χ0v) is 10.0. The maximum absolute atomic E-state index is 12.5. The number of aliphatic hydroxyl groups excluding tert-OH is 1. The summed E-state index contributed by atoms with van der Waals surface area (Å²) in [5.74, 6) is -0.630.